The van der Waals surface area contributed by atoms with Crippen LogP contribution in [-0.2, 0) is 0 Å². The summed E-state index contributed by atoms with van der Waals surface area (Å²) in [6.07, 6.45) is 0.435. The van der Waals surface area contributed by atoms with Crippen LogP contribution in [0, 0.1) is 5.82 Å². The van der Waals surface area contributed by atoms with E-state index in [4.69, 9.17) is 0 Å². The van der Waals surface area contributed by atoms with Gasteiger partial charge in [0.15, 0.2) is 0 Å². The van der Waals surface area contributed by atoms with E-state index in [1.807, 2.05) is 30.3 Å². The van der Waals surface area contributed by atoms with E-state index in [1.54, 1.807) is 18.2 Å². The number of aliphatic hydroxyl groups excluding tert-OH is 1. The third-order valence-electron chi connectivity index (χ3n) is 3.30. The molecule has 2 N–H and O–H groups in total. The Morgan fingerprint density at radius 3 is 2.57 bits per heavy atom. The number of rotatable bonds is 3. The molecule has 0 radical (unpaired) electrons. The van der Waals surface area contributed by atoms with Gasteiger partial charge in [0.1, 0.15) is 11.9 Å². The first-order valence-corrected chi connectivity index (χ1v) is 7.18. The summed E-state index contributed by atoms with van der Waals surface area (Å²) in [6, 6.07) is 14.4. The summed E-state index contributed by atoms with van der Waals surface area (Å²) >= 11 is 3.13. The highest BCUT2D eigenvalue weighted by atomic mass is 79.9. The van der Waals surface area contributed by atoms with E-state index >= 15 is 0 Å². The summed E-state index contributed by atoms with van der Waals surface area (Å²) in [7, 11) is 0. The van der Waals surface area contributed by atoms with Gasteiger partial charge in [-0.15, -0.1) is 0 Å². The van der Waals surface area contributed by atoms with Crippen LogP contribution in [0.2, 0.25) is 0 Å². The zero-order valence-corrected chi connectivity index (χ0v) is 12.5. The van der Waals surface area contributed by atoms with E-state index in [0.29, 0.717) is 15.7 Å². The molecule has 3 nitrogen and oxygen atoms in total. The Labute approximate surface area is 129 Å². The first-order valence-electron chi connectivity index (χ1n) is 6.39. The third kappa shape index (κ3) is 2.62. The molecular formula is C16H12BrFN2O. The molecule has 5 heteroatoms. The van der Waals surface area contributed by atoms with Gasteiger partial charge in [0, 0.05) is 11.1 Å². The second kappa shape index (κ2) is 5.79. The molecule has 1 heterocycles. The van der Waals surface area contributed by atoms with Gasteiger partial charge in [0.2, 0.25) is 0 Å². The minimum absolute atomic E-state index is 0.211. The van der Waals surface area contributed by atoms with Gasteiger partial charge in [-0.25, -0.2) is 4.39 Å². The lowest BCUT2D eigenvalue weighted by atomic mass is 9.98. The molecule has 0 fully saturated rings. The van der Waals surface area contributed by atoms with E-state index in [9.17, 15) is 9.50 Å². The van der Waals surface area contributed by atoms with Crippen LogP contribution in [0.1, 0.15) is 17.2 Å². The zero-order valence-electron chi connectivity index (χ0n) is 10.9. The average molecular weight is 347 g/mol. The van der Waals surface area contributed by atoms with Crippen molar-refractivity contribution in [2.24, 2.45) is 0 Å². The number of benzene rings is 2. The highest BCUT2D eigenvalue weighted by molar-refractivity contribution is 9.10. The second-order valence-electron chi connectivity index (χ2n) is 4.61. The Hall–Kier alpha value is -1.98. The monoisotopic (exact) mass is 346 g/mol. The Balaban J connectivity index is 2.06. The number of nitrogens with one attached hydrogen (secondary N) is 1. The van der Waals surface area contributed by atoms with Crippen LogP contribution in [0.25, 0.3) is 11.3 Å². The first kappa shape index (κ1) is 14.0. The summed E-state index contributed by atoms with van der Waals surface area (Å²) in [5, 5.41) is 17.3. The van der Waals surface area contributed by atoms with E-state index < -0.39 is 11.9 Å². The highest BCUT2D eigenvalue weighted by Crippen LogP contribution is 2.32. The molecule has 0 saturated carbocycles. The van der Waals surface area contributed by atoms with Crippen LogP contribution in [-0.4, -0.2) is 15.3 Å². The summed E-state index contributed by atoms with van der Waals surface area (Å²) < 4.78 is 14.5. The molecule has 0 aliphatic heterocycles. The lowest BCUT2D eigenvalue weighted by molar-refractivity contribution is 0.215. The fourth-order valence-corrected chi connectivity index (χ4v) is 2.62. The third-order valence-corrected chi connectivity index (χ3v) is 3.91. The number of aromatic nitrogens is 2. The Morgan fingerprint density at radius 1 is 1.05 bits per heavy atom. The van der Waals surface area contributed by atoms with Crippen LogP contribution >= 0.6 is 15.9 Å². The maximum absolute atomic E-state index is 14.1. The number of aliphatic hydroxyl groups is 1. The first-order chi connectivity index (χ1) is 10.2. The van der Waals surface area contributed by atoms with Crippen molar-refractivity contribution in [1.29, 1.82) is 0 Å². The predicted octanol–water partition coefficient (Wildman–Crippen LogP) is 4.06. The van der Waals surface area contributed by atoms with Crippen LogP contribution in [0.3, 0.4) is 0 Å². The Kier molecular flexibility index (Phi) is 3.86. The summed E-state index contributed by atoms with van der Waals surface area (Å²) in [5.41, 5.74) is 2.32. The number of hydrogen-bond acceptors (Lipinski definition) is 2. The van der Waals surface area contributed by atoms with Gasteiger partial charge in [-0.2, -0.15) is 5.10 Å². The molecule has 21 heavy (non-hydrogen) atoms. The van der Waals surface area contributed by atoms with Gasteiger partial charge in [0.25, 0.3) is 0 Å². The van der Waals surface area contributed by atoms with E-state index in [0.717, 1.165) is 5.56 Å². The maximum Gasteiger partial charge on any atom is 0.143 e. The van der Waals surface area contributed by atoms with Crippen molar-refractivity contribution in [3.8, 4) is 11.3 Å². The summed E-state index contributed by atoms with van der Waals surface area (Å²) in [6.45, 7) is 0. The van der Waals surface area contributed by atoms with Gasteiger partial charge in [-0.1, -0.05) is 42.5 Å². The number of hydrogen-bond donors (Lipinski definition) is 2. The minimum Gasteiger partial charge on any atom is -0.383 e. The molecule has 2 aromatic carbocycles. The van der Waals surface area contributed by atoms with E-state index in [1.165, 1.54) is 6.20 Å². The molecule has 1 atom stereocenters. The normalized spacial score (nSPS) is 12.3. The van der Waals surface area contributed by atoms with Crippen molar-refractivity contribution in [2.75, 3.05) is 0 Å². The maximum atomic E-state index is 14.1. The van der Waals surface area contributed by atoms with Crippen LogP contribution in [0.4, 0.5) is 4.39 Å². The lowest BCUT2D eigenvalue weighted by Gasteiger charge is -2.13. The molecule has 0 saturated heterocycles. The molecule has 1 unspecified atom stereocenters. The van der Waals surface area contributed by atoms with Crippen molar-refractivity contribution in [3.63, 3.8) is 0 Å². The van der Waals surface area contributed by atoms with Crippen molar-refractivity contribution in [2.45, 2.75) is 6.10 Å². The fourth-order valence-electron chi connectivity index (χ4n) is 2.24. The van der Waals surface area contributed by atoms with Crippen LogP contribution in [0.15, 0.2) is 59.2 Å². The molecule has 0 aliphatic rings. The van der Waals surface area contributed by atoms with Gasteiger partial charge < -0.3 is 5.11 Å². The fraction of sp³-hybridized carbons (Fsp3) is 0.0625. The van der Waals surface area contributed by atoms with E-state index in [2.05, 4.69) is 26.1 Å². The largest absolute Gasteiger partial charge is 0.383 e. The number of aromatic amines is 1. The van der Waals surface area contributed by atoms with Crippen molar-refractivity contribution in [1.82, 2.24) is 10.2 Å². The second-order valence-corrected chi connectivity index (χ2v) is 5.47. The molecular weight excluding hydrogens is 335 g/mol. The highest BCUT2D eigenvalue weighted by Gasteiger charge is 2.21. The topological polar surface area (TPSA) is 48.9 Å². The SMILES string of the molecule is OC(c1cn[nH]c1-c1ccccc1)c1cccc(Br)c1F. The quantitative estimate of drug-likeness (QED) is 0.751. The molecule has 0 aliphatic carbocycles. The molecule has 0 amide bonds. The number of halogens is 2. The summed E-state index contributed by atoms with van der Waals surface area (Å²) in [5.74, 6) is -0.467. The average Bonchev–Trinajstić information content (AvgIpc) is 3.00. The zero-order chi connectivity index (χ0) is 14.8. The van der Waals surface area contributed by atoms with Crippen LogP contribution < -0.4 is 0 Å². The van der Waals surface area contributed by atoms with Crippen molar-refractivity contribution < 1.29 is 9.50 Å². The predicted molar refractivity (Wildman–Crippen MR) is 82.2 cm³/mol. The van der Waals surface area contributed by atoms with E-state index in [-0.39, 0.29) is 5.56 Å². The smallest absolute Gasteiger partial charge is 0.143 e. The number of nitrogens with zero attached hydrogens (tertiary/aromatic N) is 1. The molecule has 0 spiro atoms. The Morgan fingerprint density at radius 2 is 1.81 bits per heavy atom. The van der Waals surface area contributed by atoms with Gasteiger partial charge >= 0.3 is 0 Å². The molecule has 106 valence electrons. The minimum atomic E-state index is -1.09. The Bertz CT molecular complexity index is 758. The number of H-pyrrole nitrogens is 1. The van der Waals surface area contributed by atoms with Gasteiger partial charge in [-0.05, 0) is 27.6 Å². The van der Waals surface area contributed by atoms with Crippen molar-refractivity contribution >= 4 is 15.9 Å². The molecule has 3 aromatic rings. The van der Waals surface area contributed by atoms with Crippen LogP contribution in [0.5, 0.6) is 0 Å². The molecule has 0 bridgehead atoms. The van der Waals surface area contributed by atoms with Gasteiger partial charge in [0.05, 0.1) is 16.4 Å². The van der Waals surface area contributed by atoms with Gasteiger partial charge in [-0.3, -0.25) is 5.10 Å². The molecule has 1 aromatic heterocycles. The van der Waals surface area contributed by atoms with Crippen molar-refractivity contribution in [3.05, 3.63) is 76.1 Å². The lowest BCUT2D eigenvalue weighted by Crippen LogP contribution is -2.03. The standard InChI is InChI=1S/C16H12BrFN2O/c17-13-8-4-7-11(14(13)18)16(21)12-9-19-20-15(12)10-5-2-1-3-6-10/h1-9,16,21H,(H,19,20). The summed E-state index contributed by atoms with van der Waals surface area (Å²) in [4.78, 5) is 0. The molecule has 3 rings (SSSR count).